The number of amides is 1. The van der Waals surface area contributed by atoms with E-state index in [1.807, 2.05) is 20.2 Å². The van der Waals surface area contributed by atoms with Crippen LogP contribution in [0.15, 0.2) is 6.20 Å². The molecule has 0 radical (unpaired) electrons. The van der Waals surface area contributed by atoms with Crippen molar-refractivity contribution in [3.8, 4) is 0 Å². The van der Waals surface area contributed by atoms with E-state index in [9.17, 15) is 4.79 Å². The Labute approximate surface area is 127 Å². The highest BCUT2D eigenvalue weighted by Gasteiger charge is 2.10. The third kappa shape index (κ3) is 3.55. The third-order valence-electron chi connectivity index (χ3n) is 3.05. The van der Waals surface area contributed by atoms with Crippen LogP contribution in [0.4, 0.5) is 0 Å². The maximum Gasteiger partial charge on any atom is 0.225 e. The average molecular weight is 310 g/mol. The summed E-state index contributed by atoms with van der Waals surface area (Å²) in [4.78, 5) is 16.0. The van der Waals surface area contributed by atoms with E-state index in [1.54, 1.807) is 4.68 Å². The minimum atomic E-state index is 0.00394. The van der Waals surface area contributed by atoms with Crippen LogP contribution in [0.25, 0.3) is 0 Å². The molecule has 5 nitrogen and oxygen atoms in total. The summed E-state index contributed by atoms with van der Waals surface area (Å²) >= 11 is 6.53. The summed E-state index contributed by atoms with van der Waals surface area (Å²) in [5.41, 5.74) is 3.08. The predicted octanol–water partition coefficient (Wildman–Crippen LogP) is 2.27. The highest BCUT2D eigenvalue weighted by atomic mass is 32.1. The van der Waals surface area contributed by atoms with Crippen LogP contribution < -0.4 is 5.32 Å². The fourth-order valence-corrected chi connectivity index (χ4v) is 3.33. The molecule has 0 bridgehead atoms. The molecular formula is C13H18N4OS2. The topological polar surface area (TPSA) is 62.7 Å². The number of hydrogen-bond acceptors (Lipinski definition) is 4. The van der Waals surface area contributed by atoms with Gasteiger partial charge in [-0.1, -0.05) is 6.92 Å². The van der Waals surface area contributed by atoms with Crippen LogP contribution >= 0.6 is 23.6 Å². The molecule has 0 aliphatic rings. The summed E-state index contributed by atoms with van der Waals surface area (Å²) in [6, 6.07) is 0. The number of aromatic amines is 1. The van der Waals surface area contributed by atoms with E-state index in [0.29, 0.717) is 16.9 Å². The molecule has 2 aromatic heterocycles. The molecule has 0 aliphatic heterocycles. The van der Waals surface area contributed by atoms with Crippen LogP contribution in [0.3, 0.4) is 0 Å². The van der Waals surface area contributed by atoms with Gasteiger partial charge in [-0.25, -0.2) is 0 Å². The number of hydrogen-bond donors (Lipinski definition) is 2. The monoisotopic (exact) mass is 310 g/mol. The van der Waals surface area contributed by atoms with Crippen molar-refractivity contribution in [2.45, 2.75) is 33.2 Å². The zero-order valence-electron chi connectivity index (χ0n) is 11.8. The molecule has 0 unspecified atom stereocenters. The van der Waals surface area contributed by atoms with E-state index >= 15 is 0 Å². The Balaban J connectivity index is 1.95. The Morgan fingerprint density at radius 2 is 2.35 bits per heavy atom. The van der Waals surface area contributed by atoms with E-state index in [-0.39, 0.29) is 5.91 Å². The molecule has 0 aliphatic carbocycles. The molecule has 0 aromatic carbocycles. The standard InChI is InChI=1S/C13H18N4OS2/c1-4-10-9(7-17(3)16-10)6-14-12(18)5-11-8(2)15-13(19)20-11/h7H,4-6H2,1-3H3,(H,14,18)(H,15,19). The van der Waals surface area contributed by atoms with Gasteiger partial charge >= 0.3 is 0 Å². The Kier molecular flexibility index (Phi) is 4.72. The Morgan fingerprint density at radius 1 is 1.60 bits per heavy atom. The molecule has 0 spiro atoms. The second-order valence-electron chi connectivity index (χ2n) is 4.64. The fraction of sp³-hybridized carbons (Fsp3) is 0.462. The summed E-state index contributed by atoms with van der Waals surface area (Å²) in [5.74, 6) is 0.00394. The zero-order chi connectivity index (χ0) is 14.7. The lowest BCUT2D eigenvalue weighted by Crippen LogP contribution is -2.24. The van der Waals surface area contributed by atoms with Crippen molar-refractivity contribution in [1.29, 1.82) is 0 Å². The second kappa shape index (κ2) is 6.32. The number of aromatic nitrogens is 3. The molecule has 0 saturated carbocycles. The minimum Gasteiger partial charge on any atom is -0.352 e. The first-order valence-corrected chi connectivity index (χ1v) is 7.68. The van der Waals surface area contributed by atoms with Gasteiger partial charge in [-0.15, -0.1) is 11.3 Å². The predicted molar refractivity (Wildman–Crippen MR) is 82.4 cm³/mol. The van der Waals surface area contributed by atoms with Gasteiger partial charge in [-0.3, -0.25) is 9.48 Å². The molecule has 0 atom stereocenters. The van der Waals surface area contributed by atoms with E-state index in [1.165, 1.54) is 11.3 Å². The fourth-order valence-electron chi connectivity index (χ4n) is 2.04. The Hall–Kier alpha value is -1.47. The summed E-state index contributed by atoms with van der Waals surface area (Å²) in [6.45, 7) is 4.51. The number of carbonyl (C=O) groups excluding carboxylic acids is 1. The maximum absolute atomic E-state index is 12.0. The molecule has 2 aromatic rings. The highest BCUT2D eigenvalue weighted by molar-refractivity contribution is 7.73. The van der Waals surface area contributed by atoms with Crippen molar-refractivity contribution in [1.82, 2.24) is 20.1 Å². The van der Waals surface area contributed by atoms with Gasteiger partial charge in [0.25, 0.3) is 0 Å². The molecule has 20 heavy (non-hydrogen) atoms. The Bertz CT molecular complexity index is 668. The van der Waals surface area contributed by atoms with Crippen molar-refractivity contribution in [3.05, 3.63) is 32.0 Å². The second-order valence-corrected chi connectivity index (χ2v) is 6.42. The van der Waals surface area contributed by atoms with Crippen LogP contribution in [-0.2, 0) is 31.2 Å². The van der Waals surface area contributed by atoms with Crippen LogP contribution in [0.5, 0.6) is 0 Å². The normalized spacial score (nSPS) is 10.8. The van der Waals surface area contributed by atoms with E-state index in [2.05, 4.69) is 22.3 Å². The van der Waals surface area contributed by atoms with Gasteiger partial charge in [0.15, 0.2) is 3.95 Å². The summed E-state index contributed by atoms with van der Waals surface area (Å²) in [6.07, 6.45) is 3.18. The van der Waals surface area contributed by atoms with E-state index < -0.39 is 0 Å². The van der Waals surface area contributed by atoms with Gasteiger partial charge in [0, 0.05) is 35.9 Å². The van der Waals surface area contributed by atoms with Crippen molar-refractivity contribution >= 4 is 29.5 Å². The number of rotatable bonds is 5. The first kappa shape index (κ1) is 14.9. The van der Waals surface area contributed by atoms with Gasteiger partial charge in [0.05, 0.1) is 12.1 Å². The van der Waals surface area contributed by atoms with Crippen molar-refractivity contribution in [2.24, 2.45) is 7.05 Å². The van der Waals surface area contributed by atoms with Crippen LogP contribution in [-0.4, -0.2) is 20.7 Å². The summed E-state index contributed by atoms with van der Waals surface area (Å²) < 4.78 is 2.49. The lowest BCUT2D eigenvalue weighted by atomic mass is 10.2. The average Bonchev–Trinajstić information content (AvgIpc) is 2.89. The van der Waals surface area contributed by atoms with E-state index in [4.69, 9.17) is 12.2 Å². The smallest absolute Gasteiger partial charge is 0.225 e. The summed E-state index contributed by atoms with van der Waals surface area (Å²) in [5, 5.41) is 7.30. The first-order valence-electron chi connectivity index (χ1n) is 6.46. The zero-order valence-corrected chi connectivity index (χ0v) is 13.5. The molecule has 0 saturated heterocycles. The van der Waals surface area contributed by atoms with Crippen molar-refractivity contribution in [3.63, 3.8) is 0 Å². The van der Waals surface area contributed by atoms with Crippen molar-refractivity contribution < 1.29 is 4.79 Å². The quantitative estimate of drug-likeness (QED) is 0.833. The molecule has 2 heterocycles. The number of carbonyl (C=O) groups is 1. The number of H-pyrrole nitrogens is 1. The number of nitrogens with one attached hydrogen (secondary N) is 2. The van der Waals surface area contributed by atoms with Crippen LogP contribution in [0.2, 0.25) is 0 Å². The Morgan fingerprint density at radius 3 is 2.95 bits per heavy atom. The van der Waals surface area contributed by atoms with Gasteiger partial charge in [0.2, 0.25) is 5.91 Å². The molecule has 2 N–H and O–H groups in total. The van der Waals surface area contributed by atoms with E-state index in [0.717, 1.165) is 28.2 Å². The van der Waals surface area contributed by atoms with Gasteiger partial charge in [-0.2, -0.15) is 5.10 Å². The molecular weight excluding hydrogens is 292 g/mol. The third-order valence-corrected chi connectivity index (χ3v) is 4.38. The number of nitrogens with zero attached hydrogens (tertiary/aromatic N) is 2. The molecule has 7 heteroatoms. The van der Waals surface area contributed by atoms with Crippen LogP contribution in [0, 0.1) is 10.9 Å². The van der Waals surface area contributed by atoms with Crippen LogP contribution in [0.1, 0.15) is 28.8 Å². The van der Waals surface area contributed by atoms with Gasteiger partial charge in [-0.05, 0) is 25.6 Å². The number of thiazole rings is 1. The molecule has 108 valence electrons. The lowest BCUT2D eigenvalue weighted by molar-refractivity contribution is -0.120. The summed E-state index contributed by atoms with van der Waals surface area (Å²) in [7, 11) is 1.89. The highest BCUT2D eigenvalue weighted by Crippen LogP contribution is 2.15. The van der Waals surface area contributed by atoms with Gasteiger partial charge in [0.1, 0.15) is 0 Å². The first-order chi connectivity index (χ1) is 9.49. The molecule has 2 rings (SSSR count). The lowest BCUT2D eigenvalue weighted by Gasteiger charge is -2.04. The molecule has 1 amide bonds. The minimum absolute atomic E-state index is 0.00394. The number of aryl methyl sites for hydroxylation is 3. The maximum atomic E-state index is 12.0. The van der Waals surface area contributed by atoms with Crippen molar-refractivity contribution in [2.75, 3.05) is 0 Å². The van der Waals surface area contributed by atoms with Gasteiger partial charge < -0.3 is 10.3 Å². The SMILES string of the molecule is CCc1nn(C)cc1CNC(=O)Cc1sc(=S)[nH]c1C. The largest absolute Gasteiger partial charge is 0.352 e. The molecule has 0 fully saturated rings.